The topological polar surface area (TPSA) is 26.0 Å². The standard InChI is InChI=1S/C5H9N/c1-2-3-4-5-6/h3H,1,4-6H2. The van der Waals surface area contributed by atoms with E-state index in [-0.39, 0.29) is 0 Å². The van der Waals surface area contributed by atoms with Crippen LogP contribution in [0.25, 0.3) is 0 Å². The highest BCUT2D eigenvalue weighted by Crippen LogP contribution is 1.69. The number of nitrogens with two attached hydrogens (primary N) is 1. The van der Waals surface area contributed by atoms with Crippen LogP contribution >= 0.6 is 0 Å². The molecule has 6 heavy (non-hydrogen) atoms. The summed E-state index contributed by atoms with van der Waals surface area (Å²) in [4.78, 5) is 0. The van der Waals surface area contributed by atoms with Crippen molar-refractivity contribution < 1.29 is 0 Å². The first-order valence-corrected chi connectivity index (χ1v) is 1.96. The van der Waals surface area contributed by atoms with Crippen molar-refractivity contribution in [2.45, 2.75) is 6.42 Å². The predicted octanol–water partition coefficient (Wildman–Crippen LogP) is 0.676. The van der Waals surface area contributed by atoms with E-state index in [4.69, 9.17) is 5.73 Å². The summed E-state index contributed by atoms with van der Waals surface area (Å²) < 4.78 is 0. The highest BCUT2D eigenvalue weighted by Gasteiger charge is 1.63. The molecule has 0 rings (SSSR count). The Kier molecular flexibility index (Phi) is 4.09. The second-order valence-corrected chi connectivity index (χ2v) is 0.986. The quantitative estimate of drug-likeness (QED) is 0.488. The van der Waals surface area contributed by atoms with Gasteiger partial charge >= 0.3 is 0 Å². The van der Waals surface area contributed by atoms with Crippen LogP contribution in [0.3, 0.4) is 0 Å². The molecule has 1 heteroatoms. The lowest BCUT2D eigenvalue weighted by Gasteiger charge is -1.74. The van der Waals surface area contributed by atoms with Gasteiger partial charge < -0.3 is 5.73 Å². The first kappa shape index (κ1) is 5.48. The first-order chi connectivity index (χ1) is 2.91. The molecule has 0 aromatic carbocycles. The van der Waals surface area contributed by atoms with Crippen molar-refractivity contribution in [3.05, 3.63) is 18.4 Å². The molecule has 0 saturated heterocycles. The summed E-state index contributed by atoms with van der Waals surface area (Å²) in [5.41, 5.74) is 7.73. The smallest absolute Gasteiger partial charge is 0.00365 e. The third-order valence-corrected chi connectivity index (χ3v) is 0.455. The van der Waals surface area contributed by atoms with Crippen LogP contribution in [0.4, 0.5) is 0 Å². The molecule has 1 nitrogen and oxygen atoms in total. The fourth-order valence-corrected chi connectivity index (χ4v) is 0.185. The largest absolute Gasteiger partial charge is 0.330 e. The summed E-state index contributed by atoms with van der Waals surface area (Å²) in [5, 5.41) is 0. The molecule has 0 unspecified atom stereocenters. The van der Waals surface area contributed by atoms with Gasteiger partial charge in [0.05, 0.1) is 0 Å². The number of hydrogen-bond donors (Lipinski definition) is 1. The SMILES string of the molecule is C=C=CCCN. The first-order valence-electron chi connectivity index (χ1n) is 1.96. The average Bonchev–Trinajstić information content (AvgIpc) is 1.61. The maximum atomic E-state index is 5.12. The fourth-order valence-electron chi connectivity index (χ4n) is 0.185. The second-order valence-electron chi connectivity index (χ2n) is 0.986. The lowest BCUT2D eigenvalue weighted by atomic mass is 10.4. The van der Waals surface area contributed by atoms with Crippen LogP contribution in [-0.4, -0.2) is 6.54 Å². The van der Waals surface area contributed by atoms with Gasteiger partial charge in [0, 0.05) is 0 Å². The summed E-state index contributed by atoms with van der Waals surface area (Å²) >= 11 is 0. The van der Waals surface area contributed by atoms with E-state index in [1.165, 1.54) is 0 Å². The van der Waals surface area contributed by atoms with Gasteiger partial charge in [-0.3, -0.25) is 0 Å². The van der Waals surface area contributed by atoms with Gasteiger partial charge in [-0.2, -0.15) is 0 Å². The molecule has 0 saturated carbocycles. The van der Waals surface area contributed by atoms with E-state index in [1.54, 1.807) is 0 Å². The van der Waals surface area contributed by atoms with E-state index in [2.05, 4.69) is 12.3 Å². The number of hydrogen-bond acceptors (Lipinski definition) is 1. The third-order valence-electron chi connectivity index (χ3n) is 0.455. The zero-order valence-electron chi connectivity index (χ0n) is 3.78. The van der Waals surface area contributed by atoms with Crippen molar-refractivity contribution in [1.29, 1.82) is 0 Å². The van der Waals surface area contributed by atoms with Crippen molar-refractivity contribution in [1.82, 2.24) is 0 Å². The molecule has 0 fully saturated rings. The van der Waals surface area contributed by atoms with Crippen LogP contribution in [0.15, 0.2) is 18.4 Å². The second kappa shape index (κ2) is 4.48. The Balaban J connectivity index is 2.86. The Hall–Kier alpha value is -0.520. The molecule has 0 aromatic heterocycles. The maximum Gasteiger partial charge on any atom is -0.00365 e. The monoisotopic (exact) mass is 83.1 g/mol. The van der Waals surface area contributed by atoms with Crippen LogP contribution in [0, 0.1) is 0 Å². The molecular weight excluding hydrogens is 74.1 g/mol. The van der Waals surface area contributed by atoms with Crippen LogP contribution in [-0.2, 0) is 0 Å². The van der Waals surface area contributed by atoms with E-state index in [0.29, 0.717) is 6.54 Å². The molecular formula is C5H9N. The molecule has 0 bridgehead atoms. The Labute approximate surface area is 38.2 Å². The molecule has 0 radical (unpaired) electrons. The minimum absolute atomic E-state index is 0.697. The zero-order valence-corrected chi connectivity index (χ0v) is 3.78. The summed E-state index contributed by atoms with van der Waals surface area (Å²) in [6, 6.07) is 0. The van der Waals surface area contributed by atoms with Crippen LogP contribution in [0.5, 0.6) is 0 Å². The highest BCUT2D eigenvalue weighted by atomic mass is 14.5. The van der Waals surface area contributed by atoms with Gasteiger partial charge in [0.2, 0.25) is 0 Å². The summed E-state index contributed by atoms with van der Waals surface area (Å²) in [6.45, 7) is 4.06. The Morgan fingerprint density at radius 2 is 2.50 bits per heavy atom. The molecule has 0 aliphatic heterocycles. The lowest BCUT2D eigenvalue weighted by molar-refractivity contribution is 1.01. The van der Waals surface area contributed by atoms with E-state index >= 15 is 0 Å². The molecule has 0 atom stereocenters. The average molecular weight is 83.1 g/mol. The van der Waals surface area contributed by atoms with Crippen LogP contribution in [0.1, 0.15) is 6.42 Å². The van der Waals surface area contributed by atoms with E-state index in [1.807, 2.05) is 6.08 Å². The molecule has 0 aliphatic rings. The molecule has 0 aliphatic carbocycles. The predicted molar refractivity (Wildman–Crippen MR) is 27.4 cm³/mol. The summed E-state index contributed by atoms with van der Waals surface area (Å²) in [7, 11) is 0. The number of rotatable bonds is 2. The van der Waals surface area contributed by atoms with Crippen LogP contribution in [0.2, 0.25) is 0 Å². The molecule has 0 amide bonds. The summed E-state index contributed by atoms with van der Waals surface area (Å²) in [6.07, 6.45) is 2.71. The van der Waals surface area contributed by atoms with E-state index in [0.717, 1.165) is 6.42 Å². The normalized spacial score (nSPS) is 6.83. The molecule has 34 valence electrons. The van der Waals surface area contributed by atoms with Gasteiger partial charge in [-0.05, 0) is 19.0 Å². The van der Waals surface area contributed by atoms with Crippen molar-refractivity contribution in [2.24, 2.45) is 5.73 Å². The van der Waals surface area contributed by atoms with Gasteiger partial charge in [0.25, 0.3) is 0 Å². The van der Waals surface area contributed by atoms with Crippen molar-refractivity contribution in [3.63, 3.8) is 0 Å². The molecule has 0 aromatic rings. The van der Waals surface area contributed by atoms with Crippen molar-refractivity contribution in [2.75, 3.05) is 6.54 Å². The van der Waals surface area contributed by atoms with Crippen molar-refractivity contribution in [3.8, 4) is 0 Å². The van der Waals surface area contributed by atoms with Gasteiger partial charge in [-0.25, -0.2) is 0 Å². The molecule has 0 spiro atoms. The highest BCUT2D eigenvalue weighted by molar-refractivity contribution is 4.74. The van der Waals surface area contributed by atoms with Crippen LogP contribution < -0.4 is 5.73 Å². The third kappa shape index (κ3) is 3.48. The Morgan fingerprint density at radius 1 is 1.83 bits per heavy atom. The minimum atomic E-state index is 0.697. The Morgan fingerprint density at radius 3 is 2.67 bits per heavy atom. The lowest BCUT2D eigenvalue weighted by Crippen LogP contribution is -1.94. The van der Waals surface area contributed by atoms with E-state index < -0.39 is 0 Å². The van der Waals surface area contributed by atoms with Gasteiger partial charge in [0.1, 0.15) is 0 Å². The van der Waals surface area contributed by atoms with Gasteiger partial charge in [-0.1, -0.05) is 6.58 Å². The van der Waals surface area contributed by atoms with E-state index in [9.17, 15) is 0 Å². The fraction of sp³-hybridized carbons (Fsp3) is 0.400. The molecule has 0 heterocycles. The minimum Gasteiger partial charge on any atom is -0.330 e. The van der Waals surface area contributed by atoms with Crippen molar-refractivity contribution >= 4 is 0 Å². The summed E-state index contributed by atoms with van der Waals surface area (Å²) in [5.74, 6) is 0. The Bertz CT molecular complexity index is 60.3. The maximum absolute atomic E-state index is 5.12. The van der Waals surface area contributed by atoms with Gasteiger partial charge in [0.15, 0.2) is 0 Å². The molecule has 2 N–H and O–H groups in total. The zero-order chi connectivity index (χ0) is 4.83. The van der Waals surface area contributed by atoms with Gasteiger partial charge in [-0.15, -0.1) is 5.73 Å².